The summed E-state index contributed by atoms with van der Waals surface area (Å²) in [4.78, 5) is 10.4. The lowest BCUT2D eigenvalue weighted by atomic mass is 9.96. The van der Waals surface area contributed by atoms with Gasteiger partial charge in [0.2, 0.25) is 0 Å². The van der Waals surface area contributed by atoms with E-state index in [1.165, 1.54) is 12.1 Å². The Hall–Kier alpha value is -3.49. The molecule has 0 radical (unpaired) electrons. The van der Waals surface area contributed by atoms with Crippen LogP contribution in [-0.4, -0.2) is 4.92 Å². The van der Waals surface area contributed by atoms with Crippen molar-refractivity contribution in [2.24, 2.45) is 0 Å². The molecule has 0 amide bonds. The molecule has 1 unspecified atom stereocenters. The molecule has 5 nitrogen and oxygen atoms in total. The van der Waals surface area contributed by atoms with E-state index in [0.29, 0.717) is 5.56 Å². The van der Waals surface area contributed by atoms with E-state index in [-0.39, 0.29) is 11.7 Å². The molecule has 0 fully saturated rings. The van der Waals surface area contributed by atoms with Crippen molar-refractivity contribution in [3.8, 4) is 6.07 Å². The zero-order valence-corrected chi connectivity index (χ0v) is 13.9. The molecule has 0 aliphatic carbocycles. The number of hydrogen-bond donors (Lipinski definition) is 1. The second kappa shape index (κ2) is 8.06. The molecule has 1 N–H and O–H groups in total. The van der Waals surface area contributed by atoms with Crippen molar-refractivity contribution < 1.29 is 4.92 Å². The fourth-order valence-corrected chi connectivity index (χ4v) is 2.84. The Bertz CT molecular complexity index is 864. The monoisotopic (exact) mass is 343 g/mol. The zero-order valence-electron chi connectivity index (χ0n) is 13.9. The first kappa shape index (κ1) is 17.3. The van der Waals surface area contributed by atoms with Gasteiger partial charge >= 0.3 is 0 Å². The fourth-order valence-electron chi connectivity index (χ4n) is 2.84. The van der Waals surface area contributed by atoms with Gasteiger partial charge < -0.3 is 0 Å². The second-order valence-corrected chi connectivity index (χ2v) is 5.83. The van der Waals surface area contributed by atoms with Crippen LogP contribution in [0.25, 0.3) is 0 Å². The van der Waals surface area contributed by atoms with E-state index in [0.717, 1.165) is 11.1 Å². The summed E-state index contributed by atoms with van der Waals surface area (Å²) in [5, 5.41) is 23.8. The summed E-state index contributed by atoms with van der Waals surface area (Å²) in [6, 6.07) is 27.3. The molecule has 0 saturated heterocycles. The predicted octanol–water partition coefficient (Wildman–Crippen LogP) is 4.54. The lowest BCUT2D eigenvalue weighted by Gasteiger charge is -2.23. The molecule has 3 aromatic carbocycles. The molecule has 0 saturated carbocycles. The third-order valence-corrected chi connectivity index (χ3v) is 4.17. The normalized spacial score (nSPS) is 11.7. The molecule has 0 aliphatic rings. The quantitative estimate of drug-likeness (QED) is 0.526. The number of nitro groups is 1. The number of benzene rings is 3. The second-order valence-electron chi connectivity index (χ2n) is 5.83. The van der Waals surface area contributed by atoms with Gasteiger partial charge in [-0.05, 0) is 28.8 Å². The Morgan fingerprint density at radius 1 is 0.808 bits per heavy atom. The highest BCUT2D eigenvalue weighted by Crippen LogP contribution is 2.26. The molecule has 128 valence electrons. The van der Waals surface area contributed by atoms with Crippen LogP contribution in [0.4, 0.5) is 5.69 Å². The maximum atomic E-state index is 10.8. The Morgan fingerprint density at radius 2 is 1.31 bits per heavy atom. The van der Waals surface area contributed by atoms with Gasteiger partial charge in [0.15, 0.2) is 0 Å². The van der Waals surface area contributed by atoms with Gasteiger partial charge in [0, 0.05) is 12.1 Å². The van der Waals surface area contributed by atoms with Crippen molar-refractivity contribution in [1.29, 1.82) is 5.26 Å². The van der Waals surface area contributed by atoms with Crippen LogP contribution in [0.1, 0.15) is 28.8 Å². The van der Waals surface area contributed by atoms with Crippen LogP contribution < -0.4 is 5.32 Å². The zero-order chi connectivity index (χ0) is 18.4. The number of nitro benzene ring substituents is 1. The Labute approximate surface area is 151 Å². The van der Waals surface area contributed by atoms with E-state index in [2.05, 4.69) is 11.4 Å². The van der Waals surface area contributed by atoms with Crippen LogP contribution in [0.2, 0.25) is 0 Å². The largest absolute Gasteiger partial charge is 0.287 e. The lowest BCUT2D eigenvalue weighted by molar-refractivity contribution is -0.384. The van der Waals surface area contributed by atoms with Crippen LogP contribution in [0.5, 0.6) is 0 Å². The molecule has 3 rings (SSSR count). The average molecular weight is 343 g/mol. The SMILES string of the molecule is N#CC(NC(c1ccccc1)c1ccccc1)c1ccc([N+](=O)[O-])cc1. The van der Waals surface area contributed by atoms with E-state index in [1.54, 1.807) is 12.1 Å². The summed E-state index contributed by atoms with van der Waals surface area (Å²) < 4.78 is 0. The number of nitrogens with zero attached hydrogens (tertiary/aromatic N) is 2. The summed E-state index contributed by atoms with van der Waals surface area (Å²) >= 11 is 0. The molecule has 0 aromatic heterocycles. The first-order chi connectivity index (χ1) is 12.7. The van der Waals surface area contributed by atoms with Gasteiger partial charge in [0.1, 0.15) is 6.04 Å². The highest BCUT2D eigenvalue weighted by atomic mass is 16.6. The summed E-state index contributed by atoms with van der Waals surface area (Å²) in [7, 11) is 0. The fraction of sp³-hybridized carbons (Fsp3) is 0.0952. The minimum atomic E-state index is -0.596. The third kappa shape index (κ3) is 3.94. The van der Waals surface area contributed by atoms with Crippen molar-refractivity contribution in [2.75, 3.05) is 0 Å². The minimum Gasteiger partial charge on any atom is -0.287 e. The van der Waals surface area contributed by atoms with E-state index < -0.39 is 11.0 Å². The van der Waals surface area contributed by atoms with Gasteiger partial charge in [-0.3, -0.25) is 15.4 Å². The number of non-ortho nitro benzene ring substituents is 1. The molecular formula is C21H17N3O2. The van der Waals surface area contributed by atoms with Gasteiger partial charge in [-0.15, -0.1) is 0 Å². The molecule has 26 heavy (non-hydrogen) atoms. The number of nitriles is 1. The van der Waals surface area contributed by atoms with E-state index in [1.807, 2.05) is 60.7 Å². The molecule has 0 heterocycles. The van der Waals surface area contributed by atoms with Crippen molar-refractivity contribution in [1.82, 2.24) is 5.32 Å². The number of nitrogens with one attached hydrogen (secondary N) is 1. The number of hydrogen-bond acceptors (Lipinski definition) is 4. The van der Waals surface area contributed by atoms with Crippen molar-refractivity contribution >= 4 is 5.69 Å². The molecular weight excluding hydrogens is 326 g/mol. The van der Waals surface area contributed by atoms with Crippen LogP contribution in [0.15, 0.2) is 84.9 Å². The van der Waals surface area contributed by atoms with Gasteiger partial charge in [0.05, 0.1) is 17.0 Å². The highest BCUT2D eigenvalue weighted by Gasteiger charge is 2.20. The minimum absolute atomic E-state index is 0.00751. The number of rotatable bonds is 6. The van der Waals surface area contributed by atoms with E-state index in [9.17, 15) is 15.4 Å². The smallest absolute Gasteiger partial charge is 0.269 e. The van der Waals surface area contributed by atoms with Crippen LogP contribution >= 0.6 is 0 Å². The highest BCUT2D eigenvalue weighted by molar-refractivity contribution is 5.37. The van der Waals surface area contributed by atoms with Crippen molar-refractivity contribution in [3.63, 3.8) is 0 Å². The summed E-state index contributed by atoms with van der Waals surface area (Å²) in [6.07, 6.45) is 0. The van der Waals surface area contributed by atoms with Gasteiger partial charge in [-0.2, -0.15) is 5.26 Å². The molecule has 0 bridgehead atoms. The van der Waals surface area contributed by atoms with Crippen LogP contribution in [0, 0.1) is 21.4 Å². The standard InChI is InChI=1S/C21H17N3O2/c22-15-20(16-11-13-19(14-12-16)24(25)26)23-21(17-7-3-1-4-8-17)18-9-5-2-6-10-18/h1-14,20-21,23H. The van der Waals surface area contributed by atoms with E-state index >= 15 is 0 Å². The summed E-state index contributed by atoms with van der Waals surface area (Å²) in [5.74, 6) is 0. The van der Waals surface area contributed by atoms with Crippen molar-refractivity contribution in [3.05, 3.63) is 112 Å². The Morgan fingerprint density at radius 3 is 1.73 bits per heavy atom. The van der Waals surface area contributed by atoms with Gasteiger partial charge in [-0.1, -0.05) is 60.7 Å². The van der Waals surface area contributed by atoms with Crippen LogP contribution in [-0.2, 0) is 0 Å². The van der Waals surface area contributed by atoms with Crippen LogP contribution in [0.3, 0.4) is 0 Å². The lowest BCUT2D eigenvalue weighted by Crippen LogP contribution is -2.26. The average Bonchev–Trinajstić information content (AvgIpc) is 2.70. The van der Waals surface area contributed by atoms with Gasteiger partial charge in [-0.25, -0.2) is 0 Å². The Kier molecular flexibility index (Phi) is 5.37. The summed E-state index contributed by atoms with van der Waals surface area (Å²) in [6.45, 7) is 0. The van der Waals surface area contributed by atoms with Crippen molar-refractivity contribution in [2.45, 2.75) is 12.1 Å². The van der Waals surface area contributed by atoms with Gasteiger partial charge in [0.25, 0.3) is 5.69 Å². The Balaban J connectivity index is 1.92. The molecule has 0 spiro atoms. The molecule has 3 aromatic rings. The first-order valence-corrected chi connectivity index (χ1v) is 8.19. The third-order valence-electron chi connectivity index (χ3n) is 4.17. The topological polar surface area (TPSA) is 79.0 Å². The molecule has 5 heteroatoms. The predicted molar refractivity (Wildman–Crippen MR) is 99.3 cm³/mol. The summed E-state index contributed by atoms with van der Waals surface area (Å²) in [5.41, 5.74) is 2.78. The molecule has 0 aliphatic heterocycles. The first-order valence-electron chi connectivity index (χ1n) is 8.19. The maximum Gasteiger partial charge on any atom is 0.269 e. The molecule has 1 atom stereocenters. The van der Waals surface area contributed by atoms with E-state index in [4.69, 9.17) is 0 Å². The maximum absolute atomic E-state index is 10.8.